The van der Waals surface area contributed by atoms with E-state index in [1.807, 2.05) is 6.20 Å². The van der Waals surface area contributed by atoms with Crippen molar-refractivity contribution in [2.45, 2.75) is 51.0 Å². The van der Waals surface area contributed by atoms with Crippen LogP contribution in [0.1, 0.15) is 50.9 Å². The lowest BCUT2D eigenvalue weighted by molar-refractivity contribution is 0.0559. The van der Waals surface area contributed by atoms with Crippen molar-refractivity contribution in [2.75, 3.05) is 20.3 Å². The van der Waals surface area contributed by atoms with Gasteiger partial charge in [0.15, 0.2) is 0 Å². The van der Waals surface area contributed by atoms with Gasteiger partial charge in [-0.15, -0.1) is 0 Å². The van der Waals surface area contributed by atoms with Crippen molar-refractivity contribution in [3.05, 3.63) is 28.0 Å². The Labute approximate surface area is 152 Å². The minimum absolute atomic E-state index is 0.153. The van der Waals surface area contributed by atoms with Gasteiger partial charge in [0.25, 0.3) is 0 Å². The summed E-state index contributed by atoms with van der Waals surface area (Å²) < 4.78 is 15.8. The van der Waals surface area contributed by atoms with Gasteiger partial charge in [-0.25, -0.2) is 0 Å². The molecule has 0 spiro atoms. The first kappa shape index (κ1) is 19.2. The molecule has 1 N–H and O–H groups in total. The molecule has 0 radical (unpaired) electrons. The maximum absolute atomic E-state index is 5.54. The van der Waals surface area contributed by atoms with Crippen molar-refractivity contribution in [3.63, 3.8) is 0 Å². The molecule has 0 unspecified atom stereocenters. The predicted molar refractivity (Wildman–Crippen MR) is 99.4 cm³/mol. The van der Waals surface area contributed by atoms with Gasteiger partial charge in [0, 0.05) is 41.3 Å². The molecular formula is C17H27BrN2O2S. The fraction of sp³-hybridized carbons (Fsp3) is 0.706. The summed E-state index contributed by atoms with van der Waals surface area (Å²) in [5, 5.41) is 0. The molecule has 1 aromatic heterocycles. The predicted octanol–water partition coefficient (Wildman–Crippen LogP) is 4.49. The molecule has 0 bridgehead atoms. The van der Waals surface area contributed by atoms with Crippen molar-refractivity contribution in [1.29, 1.82) is 0 Å². The zero-order valence-electron chi connectivity index (χ0n) is 14.4. The van der Waals surface area contributed by atoms with Crippen molar-refractivity contribution in [2.24, 2.45) is 5.92 Å². The van der Waals surface area contributed by atoms with E-state index < -0.39 is 0 Å². The number of nitrogens with zero attached hydrogens (tertiary/aromatic N) is 1. The number of hydrogen-bond acceptors (Lipinski definition) is 5. The first-order valence-corrected chi connectivity index (χ1v) is 9.66. The first-order valence-electron chi connectivity index (χ1n) is 8.05. The average Bonchev–Trinajstić information content (AvgIpc) is 2.49. The van der Waals surface area contributed by atoms with E-state index in [9.17, 15) is 0 Å². The molecule has 2 heterocycles. The van der Waals surface area contributed by atoms with Crippen LogP contribution >= 0.6 is 27.9 Å². The Hall–Kier alpha value is -0.140. The summed E-state index contributed by atoms with van der Waals surface area (Å²) in [7, 11) is 1.73. The summed E-state index contributed by atoms with van der Waals surface area (Å²) in [5.41, 5.74) is 2.24. The highest BCUT2D eigenvalue weighted by molar-refractivity contribution is 9.10. The van der Waals surface area contributed by atoms with E-state index in [-0.39, 0.29) is 10.8 Å². The number of methoxy groups -OCH3 is 1. The first-order chi connectivity index (χ1) is 10.9. The molecule has 1 aromatic rings. The highest BCUT2D eigenvalue weighted by atomic mass is 79.9. The highest BCUT2D eigenvalue weighted by Gasteiger charge is 2.29. The Morgan fingerprint density at radius 2 is 2.13 bits per heavy atom. The van der Waals surface area contributed by atoms with Gasteiger partial charge in [0.05, 0.1) is 18.3 Å². The number of ether oxygens (including phenoxy) is 2. The molecule has 23 heavy (non-hydrogen) atoms. The van der Waals surface area contributed by atoms with Gasteiger partial charge in [-0.1, -0.05) is 11.9 Å². The summed E-state index contributed by atoms with van der Waals surface area (Å²) in [6.45, 7) is 8.89. The van der Waals surface area contributed by atoms with Gasteiger partial charge in [-0.05, 0) is 61.5 Å². The van der Waals surface area contributed by atoms with Crippen LogP contribution in [0.3, 0.4) is 0 Å². The summed E-state index contributed by atoms with van der Waals surface area (Å²) in [5.74, 6) is 0.530. The van der Waals surface area contributed by atoms with E-state index in [0.29, 0.717) is 12.5 Å². The van der Waals surface area contributed by atoms with Crippen molar-refractivity contribution in [3.8, 4) is 0 Å². The van der Waals surface area contributed by atoms with Crippen LogP contribution in [-0.4, -0.2) is 30.1 Å². The van der Waals surface area contributed by atoms with E-state index in [1.165, 1.54) is 0 Å². The fourth-order valence-electron chi connectivity index (χ4n) is 2.71. The molecule has 1 atom stereocenters. The molecular weight excluding hydrogens is 376 g/mol. The summed E-state index contributed by atoms with van der Waals surface area (Å²) >= 11 is 5.30. The molecule has 1 aliphatic heterocycles. The second-order valence-corrected chi connectivity index (χ2v) is 9.47. The van der Waals surface area contributed by atoms with E-state index in [0.717, 1.165) is 41.8 Å². The quantitative estimate of drug-likeness (QED) is 0.709. The Bertz CT molecular complexity index is 502. The number of rotatable bonds is 6. The normalized spacial score (nSPS) is 18.1. The van der Waals surface area contributed by atoms with Crippen LogP contribution in [0.15, 0.2) is 16.7 Å². The van der Waals surface area contributed by atoms with Crippen LogP contribution in [0, 0.1) is 5.92 Å². The molecule has 0 aliphatic carbocycles. The second-order valence-electron chi connectivity index (χ2n) is 6.89. The highest BCUT2D eigenvalue weighted by Crippen LogP contribution is 2.35. The van der Waals surface area contributed by atoms with Gasteiger partial charge >= 0.3 is 0 Å². The molecule has 1 fully saturated rings. The molecule has 130 valence electrons. The minimum atomic E-state index is 0.153. The van der Waals surface area contributed by atoms with E-state index >= 15 is 0 Å². The van der Waals surface area contributed by atoms with Crippen LogP contribution < -0.4 is 4.72 Å². The molecule has 1 aliphatic rings. The molecule has 0 saturated carbocycles. The fourth-order valence-corrected chi connectivity index (χ4v) is 3.87. The topological polar surface area (TPSA) is 43.4 Å². The maximum atomic E-state index is 5.54. The average molecular weight is 403 g/mol. The SMILES string of the molecule is COCc1cc(Br)cnc1[C@@H](NSC(C)(C)C)C1CCOCC1. The molecule has 2 rings (SSSR count). The van der Waals surface area contributed by atoms with E-state index in [1.54, 1.807) is 19.1 Å². The van der Waals surface area contributed by atoms with Crippen LogP contribution in [0.2, 0.25) is 0 Å². The monoisotopic (exact) mass is 402 g/mol. The van der Waals surface area contributed by atoms with Gasteiger partial charge in [-0.3, -0.25) is 9.71 Å². The minimum Gasteiger partial charge on any atom is -0.381 e. The Balaban J connectivity index is 2.27. The molecule has 1 saturated heterocycles. The van der Waals surface area contributed by atoms with Crippen LogP contribution in [0.5, 0.6) is 0 Å². The van der Waals surface area contributed by atoms with Crippen LogP contribution in [0.4, 0.5) is 0 Å². The smallest absolute Gasteiger partial charge is 0.0731 e. The van der Waals surface area contributed by atoms with E-state index in [4.69, 9.17) is 14.5 Å². The van der Waals surface area contributed by atoms with Crippen molar-refractivity contribution in [1.82, 2.24) is 9.71 Å². The van der Waals surface area contributed by atoms with Crippen molar-refractivity contribution >= 4 is 27.9 Å². The summed E-state index contributed by atoms with van der Waals surface area (Å²) in [6.07, 6.45) is 4.00. The van der Waals surface area contributed by atoms with Gasteiger partial charge in [-0.2, -0.15) is 0 Å². The van der Waals surface area contributed by atoms with E-state index in [2.05, 4.69) is 47.5 Å². The van der Waals surface area contributed by atoms with Crippen LogP contribution in [0.25, 0.3) is 0 Å². The van der Waals surface area contributed by atoms with Gasteiger partial charge in [0.1, 0.15) is 0 Å². The zero-order valence-corrected chi connectivity index (χ0v) is 16.8. The number of halogens is 1. The standard InChI is InChI=1S/C17H27BrN2O2S/c1-17(2,3)23-20-16(12-5-7-22-8-6-12)15-13(11-21-4)9-14(18)10-19-15/h9-10,12,16,20H,5-8,11H2,1-4H3/t16-/m0/s1. The largest absolute Gasteiger partial charge is 0.381 e. The second kappa shape index (κ2) is 8.81. The zero-order chi connectivity index (χ0) is 16.9. The van der Waals surface area contributed by atoms with Gasteiger partial charge < -0.3 is 9.47 Å². The number of hydrogen-bond donors (Lipinski definition) is 1. The summed E-state index contributed by atoms with van der Waals surface area (Å²) in [4.78, 5) is 4.73. The van der Waals surface area contributed by atoms with Crippen molar-refractivity contribution < 1.29 is 9.47 Å². The molecule has 0 aromatic carbocycles. The summed E-state index contributed by atoms with van der Waals surface area (Å²) in [6, 6.07) is 2.32. The number of nitrogens with one attached hydrogen (secondary N) is 1. The lowest BCUT2D eigenvalue weighted by atomic mass is 9.88. The van der Waals surface area contributed by atoms with Crippen LogP contribution in [-0.2, 0) is 16.1 Å². The Morgan fingerprint density at radius 1 is 1.43 bits per heavy atom. The lowest BCUT2D eigenvalue weighted by Gasteiger charge is -2.33. The third kappa shape index (κ3) is 6.02. The third-order valence-corrected chi connectivity index (χ3v) is 5.21. The molecule has 4 nitrogen and oxygen atoms in total. The Kier molecular flexibility index (Phi) is 7.35. The van der Waals surface area contributed by atoms with Gasteiger partial charge in [0.2, 0.25) is 0 Å². The lowest BCUT2D eigenvalue weighted by Crippen LogP contribution is -2.32. The molecule has 0 amide bonds. The number of aromatic nitrogens is 1. The Morgan fingerprint density at radius 3 is 2.74 bits per heavy atom. The number of pyridine rings is 1. The molecule has 6 heteroatoms. The third-order valence-electron chi connectivity index (χ3n) is 3.79. The maximum Gasteiger partial charge on any atom is 0.0731 e.